The first-order chi connectivity index (χ1) is 7.79. The van der Waals surface area contributed by atoms with Crippen LogP contribution in [0.4, 0.5) is 5.69 Å². The molecule has 0 atom stereocenters. The van der Waals surface area contributed by atoms with E-state index in [2.05, 4.69) is 4.98 Å². The molecule has 78 valence electrons. The van der Waals surface area contributed by atoms with Crippen molar-refractivity contribution in [3.8, 4) is 6.07 Å². The Morgan fingerprint density at radius 3 is 2.69 bits per heavy atom. The van der Waals surface area contributed by atoms with Gasteiger partial charge in [0.25, 0.3) is 0 Å². The van der Waals surface area contributed by atoms with E-state index in [1.54, 1.807) is 6.07 Å². The van der Waals surface area contributed by atoms with Gasteiger partial charge in [0.05, 0.1) is 0 Å². The maximum atomic E-state index is 8.74. The summed E-state index contributed by atoms with van der Waals surface area (Å²) >= 11 is 1.46. The number of hydrogen-bond acceptors (Lipinski definition) is 4. The third-order valence-electron chi connectivity index (χ3n) is 1.97. The number of aromatic nitrogens is 1. The molecule has 0 saturated heterocycles. The third-order valence-corrected chi connectivity index (χ3v) is 3.00. The van der Waals surface area contributed by atoms with Crippen molar-refractivity contribution in [1.82, 2.24) is 4.98 Å². The zero-order chi connectivity index (χ0) is 11.4. The molecule has 0 spiro atoms. The highest BCUT2D eigenvalue weighted by atomic mass is 32.2. The number of nitrogens with zero attached hydrogens (tertiary/aromatic N) is 2. The number of anilines is 1. The molecule has 2 aromatic rings. The molecule has 3 nitrogen and oxygen atoms in total. The van der Waals surface area contributed by atoms with Gasteiger partial charge in [0, 0.05) is 10.6 Å². The largest absolute Gasteiger partial charge is 0.398 e. The molecule has 1 aromatic heterocycles. The number of nitrogen functional groups attached to an aromatic ring is 1. The molecule has 0 bridgehead atoms. The highest BCUT2D eigenvalue weighted by molar-refractivity contribution is 7.99. The van der Waals surface area contributed by atoms with E-state index in [4.69, 9.17) is 11.0 Å². The minimum atomic E-state index is 0.416. The van der Waals surface area contributed by atoms with Crippen molar-refractivity contribution in [2.24, 2.45) is 0 Å². The number of nitriles is 1. The second-order valence-corrected chi connectivity index (χ2v) is 4.17. The molecular formula is C12H9N3S. The number of pyridine rings is 1. The fraction of sp³-hybridized carbons (Fsp3) is 0. The topological polar surface area (TPSA) is 62.7 Å². The number of benzene rings is 1. The standard InChI is InChI=1S/C12H9N3S/c13-8-9-4-3-7-12(15-9)16-11-6-2-1-5-10(11)14/h1-7H,14H2. The van der Waals surface area contributed by atoms with Crippen LogP contribution in [0.25, 0.3) is 0 Å². The van der Waals surface area contributed by atoms with Crippen molar-refractivity contribution >= 4 is 17.4 Å². The lowest BCUT2D eigenvalue weighted by atomic mass is 10.3. The fourth-order valence-electron chi connectivity index (χ4n) is 1.22. The molecule has 0 unspecified atom stereocenters. The zero-order valence-corrected chi connectivity index (χ0v) is 9.24. The van der Waals surface area contributed by atoms with Crippen LogP contribution in [0.15, 0.2) is 52.4 Å². The summed E-state index contributed by atoms with van der Waals surface area (Å²) in [6.07, 6.45) is 0. The molecule has 16 heavy (non-hydrogen) atoms. The normalized spacial score (nSPS) is 9.69. The average molecular weight is 227 g/mol. The number of nitrogens with two attached hydrogens (primary N) is 1. The van der Waals surface area contributed by atoms with Crippen LogP contribution in [0.2, 0.25) is 0 Å². The summed E-state index contributed by atoms with van der Waals surface area (Å²) in [6.45, 7) is 0. The number of hydrogen-bond donors (Lipinski definition) is 1. The number of rotatable bonds is 2. The highest BCUT2D eigenvalue weighted by Gasteiger charge is 2.02. The Bertz CT molecular complexity index is 546. The van der Waals surface area contributed by atoms with Gasteiger partial charge in [-0.15, -0.1) is 0 Å². The molecule has 0 aliphatic heterocycles. The van der Waals surface area contributed by atoms with Crippen molar-refractivity contribution in [3.05, 3.63) is 48.2 Å². The first-order valence-electron chi connectivity index (χ1n) is 4.69. The van der Waals surface area contributed by atoms with E-state index in [-0.39, 0.29) is 0 Å². The minimum Gasteiger partial charge on any atom is -0.398 e. The van der Waals surface area contributed by atoms with Crippen LogP contribution in [0.3, 0.4) is 0 Å². The van der Waals surface area contributed by atoms with Gasteiger partial charge in [-0.2, -0.15) is 5.26 Å². The number of para-hydroxylation sites is 1. The molecule has 4 heteroatoms. The predicted molar refractivity (Wildman–Crippen MR) is 63.9 cm³/mol. The first-order valence-corrected chi connectivity index (χ1v) is 5.51. The molecule has 0 amide bonds. The lowest BCUT2D eigenvalue weighted by molar-refractivity contribution is 1.10. The first kappa shape index (κ1) is 10.5. The van der Waals surface area contributed by atoms with E-state index in [9.17, 15) is 0 Å². The van der Waals surface area contributed by atoms with Crippen molar-refractivity contribution in [2.75, 3.05) is 5.73 Å². The zero-order valence-electron chi connectivity index (χ0n) is 8.42. The van der Waals surface area contributed by atoms with Gasteiger partial charge in [-0.3, -0.25) is 0 Å². The Morgan fingerprint density at radius 2 is 1.94 bits per heavy atom. The van der Waals surface area contributed by atoms with Crippen LogP contribution >= 0.6 is 11.8 Å². The second kappa shape index (κ2) is 4.69. The van der Waals surface area contributed by atoms with E-state index in [1.807, 2.05) is 42.5 Å². The summed E-state index contributed by atoms with van der Waals surface area (Å²) in [4.78, 5) is 5.12. The molecule has 2 rings (SSSR count). The van der Waals surface area contributed by atoms with Crippen molar-refractivity contribution < 1.29 is 0 Å². The van der Waals surface area contributed by atoms with Gasteiger partial charge in [0.1, 0.15) is 16.8 Å². The summed E-state index contributed by atoms with van der Waals surface area (Å²) in [5.41, 5.74) is 6.96. The molecule has 0 aliphatic carbocycles. The van der Waals surface area contributed by atoms with Crippen molar-refractivity contribution in [1.29, 1.82) is 5.26 Å². The quantitative estimate of drug-likeness (QED) is 0.801. The van der Waals surface area contributed by atoms with E-state index < -0.39 is 0 Å². The van der Waals surface area contributed by atoms with Gasteiger partial charge in [-0.1, -0.05) is 30.0 Å². The Balaban J connectivity index is 2.28. The molecule has 2 N–H and O–H groups in total. The lowest BCUT2D eigenvalue weighted by Crippen LogP contribution is -1.89. The van der Waals surface area contributed by atoms with E-state index in [0.717, 1.165) is 15.6 Å². The molecular weight excluding hydrogens is 218 g/mol. The van der Waals surface area contributed by atoms with Crippen LogP contribution in [0, 0.1) is 11.3 Å². The summed E-state index contributed by atoms with van der Waals surface area (Å²) in [7, 11) is 0. The van der Waals surface area contributed by atoms with Crippen molar-refractivity contribution in [3.63, 3.8) is 0 Å². The van der Waals surface area contributed by atoms with E-state index >= 15 is 0 Å². The average Bonchev–Trinajstić information content (AvgIpc) is 2.32. The van der Waals surface area contributed by atoms with Crippen LogP contribution in [-0.4, -0.2) is 4.98 Å². The van der Waals surface area contributed by atoms with Gasteiger partial charge >= 0.3 is 0 Å². The Hall–Kier alpha value is -1.99. The third kappa shape index (κ3) is 2.33. The molecule has 0 radical (unpaired) electrons. The van der Waals surface area contributed by atoms with Gasteiger partial charge in [0.2, 0.25) is 0 Å². The lowest BCUT2D eigenvalue weighted by Gasteiger charge is -2.03. The summed E-state index contributed by atoms with van der Waals surface area (Å²) in [5, 5.41) is 9.51. The molecule has 0 saturated carbocycles. The van der Waals surface area contributed by atoms with Gasteiger partial charge in [-0.05, 0) is 24.3 Å². The Kier molecular flexibility index (Phi) is 3.08. The molecule has 1 aromatic carbocycles. The van der Waals surface area contributed by atoms with Gasteiger partial charge in [0.15, 0.2) is 0 Å². The smallest absolute Gasteiger partial charge is 0.141 e. The van der Waals surface area contributed by atoms with Crippen LogP contribution < -0.4 is 5.73 Å². The molecule has 0 aliphatic rings. The maximum Gasteiger partial charge on any atom is 0.141 e. The molecule has 1 heterocycles. The summed E-state index contributed by atoms with van der Waals surface area (Å²) in [6, 6.07) is 14.9. The van der Waals surface area contributed by atoms with E-state index in [0.29, 0.717) is 5.69 Å². The Labute approximate surface area is 97.9 Å². The van der Waals surface area contributed by atoms with Gasteiger partial charge in [-0.25, -0.2) is 4.98 Å². The van der Waals surface area contributed by atoms with Crippen LogP contribution in [0.5, 0.6) is 0 Å². The van der Waals surface area contributed by atoms with Crippen molar-refractivity contribution in [2.45, 2.75) is 9.92 Å². The highest BCUT2D eigenvalue weighted by Crippen LogP contribution is 2.30. The molecule has 0 fully saturated rings. The van der Waals surface area contributed by atoms with E-state index in [1.165, 1.54) is 11.8 Å². The predicted octanol–water partition coefficient (Wildman–Crippen LogP) is 2.69. The van der Waals surface area contributed by atoms with Crippen LogP contribution in [-0.2, 0) is 0 Å². The SMILES string of the molecule is N#Cc1cccc(Sc2ccccc2N)n1. The summed E-state index contributed by atoms with van der Waals surface area (Å²) in [5.74, 6) is 0. The fourth-order valence-corrected chi connectivity index (χ4v) is 2.07. The van der Waals surface area contributed by atoms with Gasteiger partial charge < -0.3 is 5.73 Å². The monoisotopic (exact) mass is 227 g/mol. The maximum absolute atomic E-state index is 8.74. The van der Waals surface area contributed by atoms with Crippen LogP contribution in [0.1, 0.15) is 5.69 Å². The summed E-state index contributed by atoms with van der Waals surface area (Å²) < 4.78 is 0. The second-order valence-electron chi connectivity index (χ2n) is 3.11. The minimum absolute atomic E-state index is 0.416. The Morgan fingerprint density at radius 1 is 1.12 bits per heavy atom.